The van der Waals surface area contributed by atoms with E-state index in [1.807, 2.05) is 0 Å². The molecule has 0 spiro atoms. The first-order valence-electron chi connectivity index (χ1n) is 7.15. The molecule has 3 rings (SSSR count). The molecule has 0 bridgehead atoms. The molecule has 0 aliphatic rings. The van der Waals surface area contributed by atoms with Gasteiger partial charge in [-0.25, -0.2) is 9.97 Å². The number of fused-ring (bicyclic) bond motifs is 1. The first kappa shape index (κ1) is 17.1. The van der Waals surface area contributed by atoms with Crippen LogP contribution in [0, 0.1) is 0 Å². The van der Waals surface area contributed by atoms with Crippen LogP contribution in [-0.4, -0.2) is 27.2 Å². The van der Waals surface area contributed by atoms with Crippen LogP contribution in [0.2, 0.25) is 0 Å². The van der Waals surface area contributed by atoms with Gasteiger partial charge in [0.15, 0.2) is 6.61 Å². The lowest BCUT2D eigenvalue weighted by Gasteiger charge is -2.11. The van der Waals surface area contributed by atoms with Crippen LogP contribution in [0.1, 0.15) is 12.6 Å². The van der Waals surface area contributed by atoms with Gasteiger partial charge in [-0.05, 0) is 18.2 Å². The minimum absolute atomic E-state index is 0.175. The zero-order valence-electron chi connectivity index (χ0n) is 12.9. The molecule has 25 heavy (non-hydrogen) atoms. The molecule has 0 aliphatic heterocycles. The highest BCUT2D eigenvalue weighted by Gasteiger charge is 2.29. The van der Waals surface area contributed by atoms with Crippen LogP contribution in [0.4, 0.5) is 22.0 Å². The van der Waals surface area contributed by atoms with E-state index in [-0.39, 0.29) is 11.6 Å². The molecule has 132 valence electrons. The van der Waals surface area contributed by atoms with Crippen molar-refractivity contribution in [3.8, 4) is 17.0 Å². The molecule has 9 heteroatoms. The van der Waals surface area contributed by atoms with Gasteiger partial charge in [0.1, 0.15) is 11.3 Å². The van der Waals surface area contributed by atoms with Crippen LogP contribution in [0.15, 0.2) is 42.9 Å². The Bertz CT molecular complexity index is 881. The lowest BCUT2D eigenvalue weighted by molar-refractivity contribution is -0.154. The number of aromatic nitrogens is 3. The number of ether oxygens (including phenoxy) is 1. The highest BCUT2D eigenvalue weighted by atomic mass is 19.4. The van der Waals surface area contributed by atoms with Crippen molar-refractivity contribution in [3.05, 3.63) is 48.5 Å². The van der Waals surface area contributed by atoms with Crippen molar-refractivity contribution in [3.63, 3.8) is 0 Å². The van der Waals surface area contributed by atoms with Gasteiger partial charge >= 0.3 is 6.18 Å². The monoisotopic (exact) mass is 357 g/mol. The van der Waals surface area contributed by atoms with Crippen LogP contribution in [0.3, 0.4) is 0 Å². The van der Waals surface area contributed by atoms with Crippen LogP contribution >= 0.6 is 0 Å². The molecular formula is C16H12F5N3O. The number of nitrogens with zero attached hydrogens (tertiary/aromatic N) is 3. The summed E-state index contributed by atoms with van der Waals surface area (Å²) in [6.45, 7) is -0.660. The number of rotatable bonds is 4. The van der Waals surface area contributed by atoms with Gasteiger partial charge in [-0.2, -0.15) is 22.0 Å². The summed E-state index contributed by atoms with van der Waals surface area (Å²) in [6, 6.07) is 6.01. The van der Waals surface area contributed by atoms with Crippen LogP contribution in [0.5, 0.6) is 5.88 Å². The van der Waals surface area contributed by atoms with Gasteiger partial charge < -0.3 is 4.74 Å². The Hall–Kier alpha value is -2.71. The fourth-order valence-corrected chi connectivity index (χ4v) is 2.27. The van der Waals surface area contributed by atoms with Crippen molar-refractivity contribution in [2.45, 2.75) is 19.0 Å². The Morgan fingerprint density at radius 2 is 1.68 bits per heavy atom. The Labute approximate surface area is 138 Å². The number of hydrogen-bond acceptors (Lipinski definition) is 3. The minimum atomic E-state index is -4.45. The van der Waals surface area contributed by atoms with Crippen molar-refractivity contribution in [2.75, 3.05) is 6.61 Å². The van der Waals surface area contributed by atoms with Gasteiger partial charge in [-0.3, -0.25) is 4.40 Å². The van der Waals surface area contributed by atoms with E-state index in [1.165, 1.54) is 28.9 Å². The Morgan fingerprint density at radius 1 is 0.960 bits per heavy atom. The average molecular weight is 357 g/mol. The normalized spacial score (nSPS) is 12.6. The largest absolute Gasteiger partial charge is 0.468 e. The third-order valence-electron chi connectivity index (χ3n) is 3.41. The maximum absolute atomic E-state index is 13.6. The molecule has 0 amide bonds. The first-order chi connectivity index (χ1) is 11.6. The van der Waals surface area contributed by atoms with Crippen molar-refractivity contribution in [1.29, 1.82) is 0 Å². The standard InChI is InChI=1S/C16H12F5N3O/c1-15(17,18)12-7-22-13-4-2-11(8-24(12)13)10-3-5-14(23-6-10)25-9-16(19,20)21/h2-8H,9H2,1H3. The van der Waals surface area contributed by atoms with Gasteiger partial charge in [-0.15, -0.1) is 0 Å². The summed E-state index contributed by atoms with van der Waals surface area (Å²) in [5, 5.41) is 0. The quantitative estimate of drug-likeness (QED) is 0.648. The third-order valence-corrected chi connectivity index (χ3v) is 3.41. The zero-order chi connectivity index (χ0) is 18.2. The fourth-order valence-electron chi connectivity index (χ4n) is 2.27. The summed E-state index contributed by atoms with van der Waals surface area (Å²) in [6.07, 6.45) is -0.560. The molecule has 0 aliphatic carbocycles. The summed E-state index contributed by atoms with van der Waals surface area (Å²) in [5.41, 5.74) is 1.20. The minimum Gasteiger partial charge on any atom is -0.468 e. The molecular weight excluding hydrogens is 345 g/mol. The lowest BCUT2D eigenvalue weighted by atomic mass is 10.1. The van der Waals surface area contributed by atoms with Gasteiger partial charge in [0, 0.05) is 36.5 Å². The van der Waals surface area contributed by atoms with Gasteiger partial charge in [0.2, 0.25) is 5.88 Å². The zero-order valence-corrected chi connectivity index (χ0v) is 12.9. The molecule has 0 unspecified atom stereocenters. The molecule has 3 aromatic heterocycles. The molecule has 0 fully saturated rings. The second-order valence-electron chi connectivity index (χ2n) is 5.47. The molecule has 0 saturated heterocycles. The van der Waals surface area contributed by atoms with Crippen molar-refractivity contribution < 1.29 is 26.7 Å². The molecule has 3 aromatic rings. The second-order valence-corrected chi connectivity index (χ2v) is 5.47. The van der Waals surface area contributed by atoms with E-state index in [0.717, 1.165) is 13.1 Å². The van der Waals surface area contributed by atoms with E-state index in [9.17, 15) is 22.0 Å². The van der Waals surface area contributed by atoms with Gasteiger partial charge in [0.25, 0.3) is 5.92 Å². The Balaban J connectivity index is 1.89. The number of imidazole rings is 1. The van der Waals surface area contributed by atoms with E-state index in [0.29, 0.717) is 16.8 Å². The second kappa shape index (κ2) is 5.98. The third kappa shape index (κ3) is 3.86. The predicted octanol–water partition coefficient (Wildman–Crippen LogP) is 4.45. The van der Waals surface area contributed by atoms with E-state index < -0.39 is 18.7 Å². The highest BCUT2D eigenvalue weighted by molar-refractivity contribution is 5.64. The molecule has 4 nitrogen and oxygen atoms in total. The number of pyridine rings is 2. The maximum Gasteiger partial charge on any atom is 0.422 e. The molecule has 0 radical (unpaired) electrons. The molecule has 0 N–H and O–H groups in total. The summed E-state index contributed by atoms with van der Waals surface area (Å²) in [7, 11) is 0. The molecule has 0 atom stereocenters. The van der Waals surface area contributed by atoms with Crippen LogP contribution in [-0.2, 0) is 5.92 Å². The van der Waals surface area contributed by atoms with Gasteiger partial charge in [0.05, 0.1) is 6.20 Å². The van der Waals surface area contributed by atoms with E-state index in [2.05, 4.69) is 14.7 Å². The molecule has 3 heterocycles. The first-order valence-corrected chi connectivity index (χ1v) is 7.15. The Morgan fingerprint density at radius 3 is 2.28 bits per heavy atom. The van der Waals surface area contributed by atoms with Crippen molar-refractivity contribution in [2.24, 2.45) is 0 Å². The Kier molecular flexibility index (Phi) is 4.09. The number of halogens is 5. The van der Waals surface area contributed by atoms with Gasteiger partial charge in [-0.1, -0.05) is 0 Å². The summed E-state index contributed by atoms with van der Waals surface area (Å²) in [5.74, 6) is -3.24. The highest BCUT2D eigenvalue weighted by Crippen LogP contribution is 2.29. The number of alkyl halides is 5. The average Bonchev–Trinajstić information content (AvgIpc) is 2.96. The SMILES string of the molecule is CC(F)(F)c1cnc2ccc(-c3ccc(OCC(F)(F)F)nc3)cn12. The van der Waals surface area contributed by atoms with Crippen molar-refractivity contribution >= 4 is 5.65 Å². The van der Waals surface area contributed by atoms with Crippen LogP contribution in [0.25, 0.3) is 16.8 Å². The van der Waals surface area contributed by atoms with Crippen molar-refractivity contribution in [1.82, 2.24) is 14.4 Å². The topological polar surface area (TPSA) is 39.4 Å². The molecule has 0 saturated carbocycles. The number of hydrogen-bond donors (Lipinski definition) is 0. The lowest BCUT2D eigenvalue weighted by Crippen LogP contribution is -2.19. The fraction of sp³-hybridized carbons (Fsp3) is 0.250. The molecule has 0 aromatic carbocycles. The summed E-state index contributed by atoms with van der Waals surface area (Å²) in [4.78, 5) is 7.72. The summed E-state index contributed by atoms with van der Waals surface area (Å²) >= 11 is 0. The van der Waals surface area contributed by atoms with E-state index in [1.54, 1.807) is 12.1 Å². The van der Waals surface area contributed by atoms with E-state index in [4.69, 9.17) is 0 Å². The maximum atomic E-state index is 13.6. The smallest absolute Gasteiger partial charge is 0.422 e. The predicted molar refractivity (Wildman–Crippen MR) is 79.5 cm³/mol. The van der Waals surface area contributed by atoms with Crippen LogP contribution < -0.4 is 4.74 Å². The van der Waals surface area contributed by atoms with E-state index >= 15 is 0 Å². The summed E-state index contributed by atoms with van der Waals surface area (Å²) < 4.78 is 69.4.